The maximum Gasteiger partial charge on any atom is 0.253 e. The van der Waals surface area contributed by atoms with E-state index in [1.165, 1.54) is 6.20 Å². The number of nitrogens with zero attached hydrogens (tertiary/aromatic N) is 1. The first-order chi connectivity index (χ1) is 10.1. The van der Waals surface area contributed by atoms with E-state index in [0.29, 0.717) is 28.2 Å². The van der Waals surface area contributed by atoms with Crippen LogP contribution in [0.2, 0.25) is 0 Å². The molecule has 1 N–H and O–H groups in total. The molecule has 0 bridgehead atoms. The number of carbonyl (C=O) groups is 1. The van der Waals surface area contributed by atoms with Crippen LogP contribution in [-0.2, 0) is 6.54 Å². The summed E-state index contributed by atoms with van der Waals surface area (Å²) >= 11 is 3.23. The molecule has 0 radical (unpaired) electrons. The molecule has 0 saturated carbocycles. The Morgan fingerprint density at radius 3 is 2.67 bits per heavy atom. The van der Waals surface area contributed by atoms with Crippen LogP contribution in [0.5, 0.6) is 11.5 Å². The predicted molar refractivity (Wildman–Crippen MR) is 82.7 cm³/mol. The Bertz CT molecular complexity index is 629. The zero-order chi connectivity index (χ0) is 15.2. The Kier molecular flexibility index (Phi) is 5.16. The number of pyridine rings is 1. The molecule has 0 aliphatic carbocycles. The third kappa shape index (κ3) is 3.95. The summed E-state index contributed by atoms with van der Waals surface area (Å²) in [6.45, 7) is 0.363. The molecule has 0 spiro atoms. The van der Waals surface area contributed by atoms with Crippen LogP contribution in [0.4, 0.5) is 0 Å². The molecule has 0 aliphatic heterocycles. The number of benzene rings is 1. The molecule has 21 heavy (non-hydrogen) atoms. The van der Waals surface area contributed by atoms with Crippen molar-refractivity contribution in [1.82, 2.24) is 10.3 Å². The molecule has 1 amide bonds. The Balaban J connectivity index is 2.05. The van der Waals surface area contributed by atoms with Crippen molar-refractivity contribution in [3.8, 4) is 11.5 Å². The molecular formula is C15H15BrN2O3. The van der Waals surface area contributed by atoms with E-state index < -0.39 is 0 Å². The van der Waals surface area contributed by atoms with E-state index in [4.69, 9.17) is 9.47 Å². The highest BCUT2D eigenvalue weighted by molar-refractivity contribution is 9.10. The minimum absolute atomic E-state index is 0.187. The maximum absolute atomic E-state index is 12.0. The zero-order valence-corrected chi connectivity index (χ0v) is 13.3. The van der Waals surface area contributed by atoms with E-state index in [-0.39, 0.29) is 5.91 Å². The van der Waals surface area contributed by atoms with Gasteiger partial charge in [-0.05, 0) is 40.2 Å². The number of hydrogen-bond donors (Lipinski definition) is 1. The van der Waals surface area contributed by atoms with Gasteiger partial charge in [0.15, 0.2) is 0 Å². The van der Waals surface area contributed by atoms with Gasteiger partial charge >= 0.3 is 0 Å². The smallest absolute Gasteiger partial charge is 0.253 e. The summed E-state index contributed by atoms with van der Waals surface area (Å²) in [6, 6.07) is 8.90. The van der Waals surface area contributed by atoms with Gasteiger partial charge in [0.05, 0.1) is 19.8 Å². The highest BCUT2D eigenvalue weighted by Gasteiger charge is 2.09. The molecular weight excluding hydrogens is 336 g/mol. The first-order valence-electron chi connectivity index (χ1n) is 6.24. The molecule has 0 fully saturated rings. The first kappa shape index (κ1) is 15.3. The van der Waals surface area contributed by atoms with Crippen LogP contribution < -0.4 is 14.8 Å². The Labute approximate surface area is 131 Å². The summed E-state index contributed by atoms with van der Waals surface area (Å²) in [5.41, 5.74) is 1.38. The molecule has 0 aliphatic rings. The van der Waals surface area contributed by atoms with Crippen molar-refractivity contribution < 1.29 is 14.3 Å². The lowest BCUT2D eigenvalue weighted by atomic mass is 10.2. The minimum Gasteiger partial charge on any atom is -0.497 e. The SMILES string of the molecule is COc1ccc(CNC(=O)c2ccc(Br)nc2)c(OC)c1. The van der Waals surface area contributed by atoms with Gasteiger partial charge in [0, 0.05) is 24.4 Å². The van der Waals surface area contributed by atoms with Crippen LogP contribution in [0.25, 0.3) is 0 Å². The second-order valence-electron chi connectivity index (χ2n) is 4.23. The Hall–Kier alpha value is -2.08. The molecule has 0 unspecified atom stereocenters. The molecule has 1 aromatic heterocycles. The average Bonchev–Trinajstić information content (AvgIpc) is 2.53. The quantitative estimate of drug-likeness (QED) is 0.842. The van der Waals surface area contributed by atoms with Crippen molar-refractivity contribution in [1.29, 1.82) is 0 Å². The standard InChI is InChI=1S/C15H15BrN2O3/c1-20-12-5-3-10(13(7-12)21-2)8-18-15(19)11-4-6-14(16)17-9-11/h3-7,9H,8H2,1-2H3,(H,18,19). The minimum atomic E-state index is -0.187. The van der Waals surface area contributed by atoms with Gasteiger partial charge in [-0.2, -0.15) is 0 Å². The third-order valence-electron chi connectivity index (χ3n) is 2.92. The van der Waals surface area contributed by atoms with Gasteiger partial charge in [-0.15, -0.1) is 0 Å². The summed E-state index contributed by atoms with van der Waals surface area (Å²) in [7, 11) is 3.18. The lowest BCUT2D eigenvalue weighted by Crippen LogP contribution is -2.23. The van der Waals surface area contributed by atoms with E-state index in [1.807, 2.05) is 12.1 Å². The van der Waals surface area contributed by atoms with Crippen molar-refractivity contribution in [3.63, 3.8) is 0 Å². The van der Waals surface area contributed by atoms with Gasteiger partial charge < -0.3 is 14.8 Å². The third-order valence-corrected chi connectivity index (χ3v) is 3.39. The Morgan fingerprint density at radius 2 is 2.05 bits per heavy atom. The van der Waals surface area contributed by atoms with E-state index in [9.17, 15) is 4.79 Å². The maximum atomic E-state index is 12.0. The molecule has 0 atom stereocenters. The van der Waals surface area contributed by atoms with E-state index in [1.54, 1.807) is 32.4 Å². The lowest BCUT2D eigenvalue weighted by Gasteiger charge is -2.11. The lowest BCUT2D eigenvalue weighted by molar-refractivity contribution is 0.0950. The van der Waals surface area contributed by atoms with Crippen LogP contribution in [0, 0.1) is 0 Å². The van der Waals surface area contributed by atoms with Gasteiger partial charge in [0.25, 0.3) is 5.91 Å². The first-order valence-corrected chi connectivity index (χ1v) is 7.04. The molecule has 5 nitrogen and oxygen atoms in total. The van der Waals surface area contributed by atoms with Crippen LogP contribution in [0.3, 0.4) is 0 Å². The van der Waals surface area contributed by atoms with E-state index in [0.717, 1.165) is 5.56 Å². The molecule has 6 heteroatoms. The van der Waals surface area contributed by atoms with E-state index >= 15 is 0 Å². The number of ether oxygens (including phenoxy) is 2. The monoisotopic (exact) mass is 350 g/mol. The number of amides is 1. The zero-order valence-electron chi connectivity index (χ0n) is 11.7. The molecule has 1 aromatic carbocycles. The number of nitrogens with one attached hydrogen (secondary N) is 1. The molecule has 0 saturated heterocycles. The fourth-order valence-electron chi connectivity index (χ4n) is 1.79. The molecule has 110 valence electrons. The number of hydrogen-bond acceptors (Lipinski definition) is 4. The van der Waals surface area contributed by atoms with Crippen molar-refractivity contribution in [2.24, 2.45) is 0 Å². The van der Waals surface area contributed by atoms with Gasteiger partial charge in [0.1, 0.15) is 16.1 Å². The van der Waals surface area contributed by atoms with E-state index in [2.05, 4.69) is 26.2 Å². The average molecular weight is 351 g/mol. The van der Waals surface area contributed by atoms with Crippen LogP contribution >= 0.6 is 15.9 Å². The number of carbonyl (C=O) groups excluding carboxylic acids is 1. The summed E-state index contributed by atoms with van der Waals surface area (Å²) in [5.74, 6) is 1.19. The summed E-state index contributed by atoms with van der Waals surface area (Å²) in [5, 5.41) is 2.83. The van der Waals surface area contributed by atoms with Gasteiger partial charge in [-0.25, -0.2) is 4.98 Å². The normalized spacial score (nSPS) is 10.0. The second kappa shape index (κ2) is 7.08. The number of rotatable bonds is 5. The topological polar surface area (TPSA) is 60.5 Å². The fourth-order valence-corrected chi connectivity index (χ4v) is 2.02. The molecule has 2 aromatic rings. The highest BCUT2D eigenvalue weighted by Crippen LogP contribution is 2.24. The van der Waals surface area contributed by atoms with Crippen molar-refractivity contribution in [3.05, 3.63) is 52.3 Å². The predicted octanol–water partition coefficient (Wildman–Crippen LogP) is 2.79. The van der Waals surface area contributed by atoms with Crippen molar-refractivity contribution >= 4 is 21.8 Å². The second-order valence-corrected chi connectivity index (χ2v) is 5.04. The summed E-state index contributed by atoms with van der Waals surface area (Å²) < 4.78 is 11.1. The van der Waals surface area contributed by atoms with Gasteiger partial charge in [-0.1, -0.05) is 0 Å². The fraction of sp³-hybridized carbons (Fsp3) is 0.200. The van der Waals surface area contributed by atoms with Crippen LogP contribution in [0.15, 0.2) is 41.1 Å². The van der Waals surface area contributed by atoms with Crippen molar-refractivity contribution in [2.45, 2.75) is 6.54 Å². The molecule has 2 rings (SSSR count). The summed E-state index contributed by atoms with van der Waals surface area (Å²) in [6.07, 6.45) is 1.52. The van der Waals surface area contributed by atoms with Gasteiger partial charge in [-0.3, -0.25) is 4.79 Å². The van der Waals surface area contributed by atoms with Crippen molar-refractivity contribution in [2.75, 3.05) is 14.2 Å². The van der Waals surface area contributed by atoms with Gasteiger partial charge in [0.2, 0.25) is 0 Å². The number of aromatic nitrogens is 1. The number of methoxy groups -OCH3 is 2. The van der Waals surface area contributed by atoms with Crippen LogP contribution in [-0.4, -0.2) is 25.1 Å². The Morgan fingerprint density at radius 1 is 1.24 bits per heavy atom. The highest BCUT2D eigenvalue weighted by atomic mass is 79.9. The number of halogens is 1. The van der Waals surface area contributed by atoms with Crippen LogP contribution in [0.1, 0.15) is 15.9 Å². The largest absolute Gasteiger partial charge is 0.497 e. The summed E-state index contributed by atoms with van der Waals surface area (Å²) in [4.78, 5) is 16.0. The molecule has 1 heterocycles.